The van der Waals surface area contributed by atoms with Gasteiger partial charge in [0.05, 0.1) is 36.7 Å². The van der Waals surface area contributed by atoms with Gasteiger partial charge in [-0.05, 0) is 24.5 Å². The Balaban J connectivity index is 1.59. The van der Waals surface area contributed by atoms with Gasteiger partial charge < -0.3 is 14.8 Å². The lowest BCUT2D eigenvalue weighted by atomic mass is 10.1. The summed E-state index contributed by atoms with van der Waals surface area (Å²) >= 11 is 1.37. The summed E-state index contributed by atoms with van der Waals surface area (Å²) < 4.78 is 11.5. The maximum atomic E-state index is 12.5. The van der Waals surface area contributed by atoms with Gasteiger partial charge in [0.15, 0.2) is 5.01 Å². The standard InChI is InChI=1S/C18H23N3O3S/c1-12(2)15-11-25-18(21-15)17(22)20-14-10-23-8-6-16(14)24-9-13-5-3-4-7-19-13/h3-5,7,11-12,14,16H,6,8-10H2,1-2H3,(H,20,22)/t14-,16-/m1/s1. The van der Waals surface area contributed by atoms with Crippen molar-refractivity contribution in [1.29, 1.82) is 0 Å². The van der Waals surface area contributed by atoms with Gasteiger partial charge in [-0.3, -0.25) is 9.78 Å². The van der Waals surface area contributed by atoms with Crippen LogP contribution in [-0.4, -0.2) is 41.2 Å². The summed E-state index contributed by atoms with van der Waals surface area (Å²) in [7, 11) is 0. The van der Waals surface area contributed by atoms with Crippen LogP contribution in [0.15, 0.2) is 29.8 Å². The molecule has 1 aliphatic heterocycles. The molecule has 0 spiro atoms. The minimum absolute atomic E-state index is 0.0933. The number of rotatable bonds is 6. The SMILES string of the molecule is CC(C)c1csc(C(=O)N[C@@H]2COCC[C@H]2OCc2ccccn2)n1. The predicted molar refractivity (Wildman–Crippen MR) is 95.7 cm³/mol. The normalized spacial score (nSPS) is 20.6. The van der Waals surface area contributed by atoms with Gasteiger partial charge in [0.1, 0.15) is 0 Å². The van der Waals surface area contributed by atoms with E-state index in [2.05, 4.69) is 29.1 Å². The first kappa shape index (κ1) is 18.0. The molecule has 0 unspecified atom stereocenters. The Hall–Kier alpha value is -1.83. The lowest BCUT2D eigenvalue weighted by molar-refractivity contribution is -0.0612. The van der Waals surface area contributed by atoms with Crippen molar-refractivity contribution in [2.24, 2.45) is 0 Å². The molecule has 2 aromatic rings. The molecule has 1 fully saturated rings. The number of pyridine rings is 1. The molecule has 2 aromatic heterocycles. The highest BCUT2D eigenvalue weighted by atomic mass is 32.1. The van der Waals surface area contributed by atoms with E-state index in [1.165, 1.54) is 11.3 Å². The number of thiazole rings is 1. The second-order valence-electron chi connectivity index (χ2n) is 6.35. The van der Waals surface area contributed by atoms with E-state index in [0.29, 0.717) is 30.7 Å². The third kappa shape index (κ3) is 4.84. The van der Waals surface area contributed by atoms with E-state index in [0.717, 1.165) is 17.8 Å². The predicted octanol–water partition coefficient (Wildman–Crippen LogP) is 2.77. The molecular formula is C18H23N3O3S. The fourth-order valence-electron chi connectivity index (χ4n) is 2.61. The van der Waals surface area contributed by atoms with Crippen LogP contribution in [0.2, 0.25) is 0 Å². The summed E-state index contributed by atoms with van der Waals surface area (Å²) in [6.45, 7) is 5.63. The zero-order valence-corrected chi connectivity index (χ0v) is 15.3. The Morgan fingerprint density at radius 1 is 1.48 bits per heavy atom. The second kappa shape index (κ2) is 8.51. The molecule has 25 heavy (non-hydrogen) atoms. The van der Waals surface area contributed by atoms with Gasteiger partial charge in [0.25, 0.3) is 5.91 Å². The van der Waals surface area contributed by atoms with Crippen molar-refractivity contribution in [3.05, 3.63) is 46.2 Å². The van der Waals surface area contributed by atoms with Crippen molar-refractivity contribution in [1.82, 2.24) is 15.3 Å². The molecule has 0 bridgehead atoms. The third-order valence-electron chi connectivity index (χ3n) is 4.09. The average molecular weight is 361 g/mol. The largest absolute Gasteiger partial charge is 0.379 e. The highest BCUT2D eigenvalue weighted by Gasteiger charge is 2.29. The van der Waals surface area contributed by atoms with Gasteiger partial charge in [-0.1, -0.05) is 19.9 Å². The van der Waals surface area contributed by atoms with Crippen molar-refractivity contribution in [3.63, 3.8) is 0 Å². The molecule has 2 atom stereocenters. The van der Waals surface area contributed by atoms with Gasteiger partial charge in [0.2, 0.25) is 0 Å². The minimum atomic E-state index is -0.184. The lowest BCUT2D eigenvalue weighted by Gasteiger charge is -2.31. The van der Waals surface area contributed by atoms with Crippen LogP contribution < -0.4 is 5.32 Å². The number of aromatic nitrogens is 2. The Labute approximate surface area is 151 Å². The summed E-state index contributed by atoms with van der Waals surface area (Å²) in [5.41, 5.74) is 1.82. The molecule has 6 nitrogen and oxygen atoms in total. The number of carbonyl (C=O) groups is 1. The van der Waals surface area contributed by atoms with Crippen LogP contribution in [0.4, 0.5) is 0 Å². The Bertz CT molecular complexity index is 690. The zero-order valence-electron chi connectivity index (χ0n) is 14.5. The molecule has 3 rings (SSSR count). The van der Waals surface area contributed by atoms with Gasteiger partial charge >= 0.3 is 0 Å². The maximum Gasteiger partial charge on any atom is 0.280 e. The number of hydrogen-bond donors (Lipinski definition) is 1. The molecule has 134 valence electrons. The van der Waals surface area contributed by atoms with Gasteiger partial charge in [0, 0.05) is 18.2 Å². The third-order valence-corrected chi connectivity index (χ3v) is 4.95. The van der Waals surface area contributed by atoms with Crippen LogP contribution in [0, 0.1) is 0 Å². The first-order chi connectivity index (χ1) is 12.1. The van der Waals surface area contributed by atoms with Crippen LogP contribution in [0.3, 0.4) is 0 Å². The summed E-state index contributed by atoms with van der Waals surface area (Å²) in [5, 5.41) is 5.43. The van der Waals surface area contributed by atoms with E-state index < -0.39 is 0 Å². The smallest absolute Gasteiger partial charge is 0.280 e. The topological polar surface area (TPSA) is 73.3 Å². The van der Waals surface area contributed by atoms with Crippen molar-refractivity contribution >= 4 is 17.2 Å². The molecule has 1 N–H and O–H groups in total. The van der Waals surface area contributed by atoms with Crippen molar-refractivity contribution in [2.45, 2.75) is 44.9 Å². The van der Waals surface area contributed by atoms with E-state index in [1.807, 2.05) is 23.6 Å². The summed E-state index contributed by atoms with van der Waals surface area (Å²) in [4.78, 5) is 21.2. The average Bonchev–Trinajstić information content (AvgIpc) is 3.12. The quantitative estimate of drug-likeness (QED) is 0.856. The number of nitrogens with zero attached hydrogens (tertiary/aromatic N) is 2. The molecule has 0 aromatic carbocycles. The number of carbonyl (C=O) groups excluding carboxylic acids is 1. The van der Waals surface area contributed by atoms with Gasteiger partial charge in [-0.2, -0.15) is 0 Å². The Morgan fingerprint density at radius 3 is 3.08 bits per heavy atom. The first-order valence-electron chi connectivity index (χ1n) is 8.49. The Kier molecular flexibility index (Phi) is 6.12. The summed E-state index contributed by atoms with van der Waals surface area (Å²) in [6.07, 6.45) is 2.40. The van der Waals surface area contributed by atoms with Crippen LogP contribution in [0.25, 0.3) is 0 Å². The molecule has 3 heterocycles. The molecule has 1 aliphatic rings. The van der Waals surface area contributed by atoms with E-state index in [9.17, 15) is 4.79 Å². The van der Waals surface area contributed by atoms with E-state index >= 15 is 0 Å². The van der Waals surface area contributed by atoms with E-state index in [1.54, 1.807) is 6.20 Å². The van der Waals surface area contributed by atoms with Crippen molar-refractivity contribution < 1.29 is 14.3 Å². The number of ether oxygens (including phenoxy) is 2. The molecule has 0 radical (unpaired) electrons. The molecule has 0 aliphatic carbocycles. The van der Waals surface area contributed by atoms with Crippen molar-refractivity contribution in [3.8, 4) is 0 Å². The minimum Gasteiger partial charge on any atom is -0.379 e. The van der Waals surface area contributed by atoms with Gasteiger partial charge in [-0.15, -0.1) is 11.3 Å². The molecule has 0 saturated carbocycles. The van der Waals surface area contributed by atoms with Crippen LogP contribution >= 0.6 is 11.3 Å². The fraction of sp³-hybridized carbons (Fsp3) is 0.500. The molecule has 1 amide bonds. The second-order valence-corrected chi connectivity index (χ2v) is 7.20. The number of hydrogen-bond acceptors (Lipinski definition) is 6. The monoisotopic (exact) mass is 361 g/mol. The van der Waals surface area contributed by atoms with Crippen LogP contribution in [0.5, 0.6) is 0 Å². The highest BCUT2D eigenvalue weighted by molar-refractivity contribution is 7.11. The summed E-state index contributed by atoms with van der Waals surface area (Å²) in [6, 6.07) is 5.55. The van der Waals surface area contributed by atoms with E-state index in [-0.39, 0.29) is 18.1 Å². The molecular weight excluding hydrogens is 338 g/mol. The van der Waals surface area contributed by atoms with Crippen LogP contribution in [-0.2, 0) is 16.1 Å². The highest BCUT2D eigenvalue weighted by Crippen LogP contribution is 2.19. The number of amides is 1. The number of nitrogens with one attached hydrogen (secondary N) is 1. The zero-order chi connectivity index (χ0) is 17.6. The van der Waals surface area contributed by atoms with Crippen molar-refractivity contribution in [2.75, 3.05) is 13.2 Å². The van der Waals surface area contributed by atoms with Gasteiger partial charge in [-0.25, -0.2) is 4.98 Å². The molecule has 7 heteroatoms. The first-order valence-corrected chi connectivity index (χ1v) is 9.37. The molecule has 1 saturated heterocycles. The maximum absolute atomic E-state index is 12.5. The van der Waals surface area contributed by atoms with Crippen LogP contribution in [0.1, 0.15) is 47.4 Å². The Morgan fingerprint density at radius 2 is 2.36 bits per heavy atom. The lowest BCUT2D eigenvalue weighted by Crippen LogP contribution is -2.50. The summed E-state index contributed by atoms with van der Waals surface area (Å²) in [5.74, 6) is 0.143. The fourth-order valence-corrected chi connectivity index (χ4v) is 3.50. The van der Waals surface area contributed by atoms with E-state index in [4.69, 9.17) is 9.47 Å².